The molecule has 0 spiro atoms. The van der Waals surface area contributed by atoms with Crippen molar-refractivity contribution >= 4 is 10.0 Å². The fourth-order valence-electron chi connectivity index (χ4n) is 2.20. The number of hydrogen-bond acceptors (Lipinski definition) is 4. The summed E-state index contributed by atoms with van der Waals surface area (Å²) in [6.07, 6.45) is 1.55. The molecule has 0 unspecified atom stereocenters. The molecule has 0 fully saturated rings. The summed E-state index contributed by atoms with van der Waals surface area (Å²) in [4.78, 5) is 1.93. The number of benzene rings is 1. The molecule has 1 N–H and O–H groups in total. The van der Waals surface area contributed by atoms with Crippen molar-refractivity contribution in [3.63, 3.8) is 0 Å². The van der Waals surface area contributed by atoms with E-state index in [0.717, 1.165) is 6.07 Å². The molecule has 0 radical (unpaired) electrons. The smallest absolute Gasteiger partial charge is 0.240 e. The Morgan fingerprint density at radius 3 is 2.59 bits per heavy atom. The van der Waals surface area contributed by atoms with Crippen molar-refractivity contribution < 1.29 is 17.2 Å². The summed E-state index contributed by atoms with van der Waals surface area (Å²) < 4.78 is 45.8. The predicted molar refractivity (Wildman–Crippen MR) is 81.5 cm³/mol. The average molecular weight is 326 g/mol. The molecule has 0 bridgehead atoms. The number of nitrogens with zero attached hydrogens (tertiary/aromatic N) is 1. The number of rotatable bonds is 6. The second-order valence-corrected chi connectivity index (χ2v) is 6.99. The number of aryl methyl sites for hydroxylation is 1. The molecule has 1 aromatic heterocycles. The molecule has 0 aliphatic rings. The van der Waals surface area contributed by atoms with Gasteiger partial charge in [0, 0.05) is 6.54 Å². The van der Waals surface area contributed by atoms with Crippen LogP contribution in [0, 0.1) is 12.7 Å². The van der Waals surface area contributed by atoms with Crippen LogP contribution in [0.5, 0.6) is 0 Å². The van der Waals surface area contributed by atoms with Gasteiger partial charge in [-0.25, -0.2) is 17.5 Å². The van der Waals surface area contributed by atoms with Crippen molar-refractivity contribution in [1.29, 1.82) is 0 Å². The normalized spacial score (nSPS) is 13.5. The van der Waals surface area contributed by atoms with Crippen LogP contribution in [0.4, 0.5) is 4.39 Å². The lowest BCUT2D eigenvalue weighted by atomic mass is 10.2. The number of hydrogen-bond donors (Lipinski definition) is 1. The van der Waals surface area contributed by atoms with Crippen LogP contribution in [-0.4, -0.2) is 34.0 Å². The Labute approximate surface area is 129 Å². The molecule has 1 heterocycles. The first-order valence-corrected chi connectivity index (χ1v) is 8.25. The topological polar surface area (TPSA) is 62.6 Å². The standard InChI is InChI=1S/C15H19FN2O3S/c1-11-9-12(16)6-7-15(11)22(19,20)17-10-13(18(2)3)14-5-4-8-21-14/h4-9,13,17H,10H2,1-3H3/t13-/m0/s1. The van der Waals surface area contributed by atoms with Crippen LogP contribution in [0.3, 0.4) is 0 Å². The molecule has 1 aromatic carbocycles. The van der Waals surface area contributed by atoms with Gasteiger partial charge in [-0.15, -0.1) is 0 Å². The van der Waals surface area contributed by atoms with Crippen LogP contribution in [0.1, 0.15) is 17.4 Å². The molecular formula is C15H19FN2O3S. The lowest BCUT2D eigenvalue weighted by Gasteiger charge is -2.22. The minimum atomic E-state index is -3.71. The van der Waals surface area contributed by atoms with E-state index >= 15 is 0 Å². The van der Waals surface area contributed by atoms with Gasteiger partial charge in [0.2, 0.25) is 10.0 Å². The molecule has 1 atom stereocenters. The summed E-state index contributed by atoms with van der Waals surface area (Å²) in [5.74, 6) is 0.210. The predicted octanol–water partition coefficient (Wildman–Crippen LogP) is 2.31. The maximum absolute atomic E-state index is 13.1. The van der Waals surface area contributed by atoms with E-state index in [1.54, 1.807) is 25.3 Å². The molecule has 0 saturated carbocycles. The average Bonchev–Trinajstić information content (AvgIpc) is 2.91. The number of nitrogens with one attached hydrogen (secondary N) is 1. The zero-order chi connectivity index (χ0) is 16.3. The molecule has 0 amide bonds. The second kappa shape index (κ2) is 6.60. The molecule has 0 aliphatic carbocycles. The van der Waals surface area contributed by atoms with E-state index in [0.29, 0.717) is 11.3 Å². The quantitative estimate of drug-likeness (QED) is 0.885. The van der Waals surface area contributed by atoms with E-state index in [1.807, 2.05) is 19.0 Å². The number of halogens is 1. The maximum atomic E-state index is 13.1. The largest absolute Gasteiger partial charge is 0.468 e. The van der Waals surface area contributed by atoms with Gasteiger partial charge in [-0.1, -0.05) is 0 Å². The Balaban J connectivity index is 2.18. The molecule has 0 saturated heterocycles. The van der Waals surface area contributed by atoms with Crippen LogP contribution in [0.15, 0.2) is 45.9 Å². The van der Waals surface area contributed by atoms with Crippen LogP contribution >= 0.6 is 0 Å². The van der Waals surface area contributed by atoms with Crippen molar-refractivity contribution in [2.75, 3.05) is 20.6 Å². The second-order valence-electron chi connectivity index (χ2n) is 5.26. The van der Waals surface area contributed by atoms with Gasteiger partial charge >= 0.3 is 0 Å². The van der Waals surface area contributed by atoms with Gasteiger partial charge < -0.3 is 4.42 Å². The zero-order valence-electron chi connectivity index (χ0n) is 12.7. The number of sulfonamides is 1. The Morgan fingerprint density at radius 1 is 1.32 bits per heavy atom. The molecule has 120 valence electrons. The van der Waals surface area contributed by atoms with Gasteiger partial charge in [0.25, 0.3) is 0 Å². The minimum absolute atomic E-state index is 0.0749. The third kappa shape index (κ3) is 3.73. The van der Waals surface area contributed by atoms with Crippen LogP contribution in [0.25, 0.3) is 0 Å². The molecule has 2 aromatic rings. The van der Waals surface area contributed by atoms with Gasteiger partial charge in [-0.05, 0) is 56.9 Å². The SMILES string of the molecule is Cc1cc(F)ccc1S(=O)(=O)NC[C@@H](c1ccco1)N(C)C. The van der Waals surface area contributed by atoms with Crippen molar-refractivity contribution in [2.45, 2.75) is 17.9 Å². The van der Waals surface area contributed by atoms with Gasteiger partial charge in [0.05, 0.1) is 17.2 Å². The monoisotopic (exact) mass is 326 g/mol. The van der Waals surface area contributed by atoms with Crippen LogP contribution < -0.4 is 4.72 Å². The zero-order valence-corrected chi connectivity index (χ0v) is 13.5. The number of furan rings is 1. The van der Waals surface area contributed by atoms with E-state index < -0.39 is 15.8 Å². The molecule has 2 rings (SSSR count). The van der Waals surface area contributed by atoms with E-state index in [2.05, 4.69) is 4.72 Å². The summed E-state index contributed by atoms with van der Waals surface area (Å²) in [5, 5.41) is 0. The van der Waals surface area contributed by atoms with Gasteiger partial charge in [-0.2, -0.15) is 0 Å². The molecule has 22 heavy (non-hydrogen) atoms. The highest BCUT2D eigenvalue weighted by Gasteiger charge is 2.22. The maximum Gasteiger partial charge on any atom is 0.240 e. The van der Waals surface area contributed by atoms with Crippen molar-refractivity contribution in [2.24, 2.45) is 0 Å². The van der Waals surface area contributed by atoms with Crippen molar-refractivity contribution in [3.05, 3.63) is 53.7 Å². The molecule has 5 nitrogen and oxygen atoms in total. The van der Waals surface area contributed by atoms with E-state index in [9.17, 15) is 12.8 Å². The van der Waals surface area contributed by atoms with Gasteiger partial charge in [0.1, 0.15) is 11.6 Å². The molecule has 0 aliphatic heterocycles. The fourth-order valence-corrected chi connectivity index (χ4v) is 3.46. The summed E-state index contributed by atoms with van der Waals surface area (Å²) in [6.45, 7) is 1.72. The van der Waals surface area contributed by atoms with Crippen LogP contribution in [-0.2, 0) is 10.0 Å². The van der Waals surface area contributed by atoms with E-state index in [4.69, 9.17) is 4.42 Å². The third-order valence-corrected chi connectivity index (χ3v) is 4.97. The first kappa shape index (κ1) is 16.7. The minimum Gasteiger partial charge on any atom is -0.468 e. The van der Waals surface area contributed by atoms with Crippen LogP contribution in [0.2, 0.25) is 0 Å². The highest BCUT2D eigenvalue weighted by molar-refractivity contribution is 7.89. The summed E-state index contributed by atoms with van der Waals surface area (Å²) >= 11 is 0. The third-order valence-electron chi connectivity index (χ3n) is 3.39. The lowest BCUT2D eigenvalue weighted by Crippen LogP contribution is -2.34. The Hall–Kier alpha value is -1.70. The van der Waals surface area contributed by atoms with Crippen molar-refractivity contribution in [1.82, 2.24) is 9.62 Å². The summed E-state index contributed by atoms with van der Waals surface area (Å²) in [6, 6.07) is 6.92. The van der Waals surface area contributed by atoms with E-state index in [-0.39, 0.29) is 17.5 Å². The Kier molecular flexibility index (Phi) is 5.00. The fraction of sp³-hybridized carbons (Fsp3) is 0.333. The van der Waals surface area contributed by atoms with Gasteiger partial charge in [-0.3, -0.25) is 4.90 Å². The molecular weight excluding hydrogens is 307 g/mol. The first-order chi connectivity index (χ1) is 10.3. The highest BCUT2D eigenvalue weighted by atomic mass is 32.2. The highest BCUT2D eigenvalue weighted by Crippen LogP contribution is 2.20. The first-order valence-electron chi connectivity index (χ1n) is 6.77. The van der Waals surface area contributed by atoms with Gasteiger partial charge in [0.15, 0.2) is 0 Å². The Morgan fingerprint density at radius 2 is 2.05 bits per heavy atom. The number of likely N-dealkylation sites (N-methyl/N-ethyl adjacent to an activating group) is 1. The summed E-state index contributed by atoms with van der Waals surface area (Å²) in [7, 11) is -0.0365. The van der Waals surface area contributed by atoms with Crippen molar-refractivity contribution in [3.8, 4) is 0 Å². The lowest BCUT2D eigenvalue weighted by molar-refractivity contribution is 0.259. The Bertz CT molecular complexity index is 727. The van der Waals surface area contributed by atoms with E-state index in [1.165, 1.54) is 12.1 Å². The summed E-state index contributed by atoms with van der Waals surface area (Å²) in [5.41, 5.74) is 0.368. The molecule has 7 heteroatoms.